The molecule has 0 spiro atoms. The van der Waals surface area contributed by atoms with Crippen LogP contribution in [0.2, 0.25) is 0 Å². The quantitative estimate of drug-likeness (QED) is 0.727. The van der Waals surface area contributed by atoms with Crippen molar-refractivity contribution in [3.63, 3.8) is 0 Å². The fourth-order valence-electron chi connectivity index (χ4n) is 1.78. The van der Waals surface area contributed by atoms with Crippen LogP contribution >= 0.6 is 0 Å². The van der Waals surface area contributed by atoms with Gasteiger partial charge in [0.2, 0.25) is 0 Å². The fraction of sp³-hybridized carbons (Fsp3) is 0.600. The molecule has 0 bridgehead atoms. The second kappa shape index (κ2) is 7.97. The number of rotatable bonds is 7. The topological polar surface area (TPSA) is 25.2 Å². The first-order chi connectivity index (χ1) is 8.31. The lowest BCUT2D eigenvalue weighted by Gasteiger charge is -2.14. The van der Waals surface area contributed by atoms with Crippen LogP contribution in [0.3, 0.4) is 0 Å². The molecular formula is C15H23NO. The highest BCUT2D eigenvalue weighted by molar-refractivity contribution is 5.11. The summed E-state index contributed by atoms with van der Waals surface area (Å²) in [5.74, 6) is 8.16. The van der Waals surface area contributed by atoms with Crippen LogP contribution in [0.15, 0.2) is 16.5 Å². The molecule has 0 fully saturated rings. The van der Waals surface area contributed by atoms with E-state index in [0.29, 0.717) is 6.04 Å². The summed E-state index contributed by atoms with van der Waals surface area (Å²) in [5.41, 5.74) is 0. The van der Waals surface area contributed by atoms with Crippen molar-refractivity contribution in [3.8, 4) is 11.8 Å². The Kier molecular flexibility index (Phi) is 6.50. The zero-order valence-electron chi connectivity index (χ0n) is 11.2. The Morgan fingerprint density at radius 1 is 1.35 bits per heavy atom. The minimum atomic E-state index is 0.302. The Morgan fingerprint density at radius 3 is 2.76 bits per heavy atom. The van der Waals surface area contributed by atoms with E-state index in [1.54, 1.807) is 0 Å². The zero-order valence-corrected chi connectivity index (χ0v) is 11.2. The maximum atomic E-state index is 5.81. The number of hydrogen-bond donors (Lipinski definition) is 1. The molecule has 0 aliphatic carbocycles. The molecule has 1 aromatic heterocycles. The van der Waals surface area contributed by atoms with Gasteiger partial charge in [-0.1, -0.05) is 13.8 Å². The minimum absolute atomic E-state index is 0.302. The number of nitrogens with one attached hydrogen (secondary N) is 1. The Morgan fingerprint density at radius 2 is 2.18 bits per heavy atom. The smallest absolute Gasteiger partial charge is 0.121 e. The van der Waals surface area contributed by atoms with E-state index in [9.17, 15) is 0 Å². The van der Waals surface area contributed by atoms with E-state index >= 15 is 0 Å². The van der Waals surface area contributed by atoms with Crippen LogP contribution < -0.4 is 5.32 Å². The highest BCUT2D eigenvalue weighted by atomic mass is 16.3. The van der Waals surface area contributed by atoms with Gasteiger partial charge in [0.15, 0.2) is 0 Å². The van der Waals surface area contributed by atoms with Crippen LogP contribution in [0, 0.1) is 11.8 Å². The van der Waals surface area contributed by atoms with Gasteiger partial charge in [-0.2, -0.15) is 0 Å². The molecule has 0 aliphatic heterocycles. The van der Waals surface area contributed by atoms with Crippen LogP contribution in [0.5, 0.6) is 0 Å². The first-order valence-corrected chi connectivity index (χ1v) is 6.53. The molecule has 0 radical (unpaired) electrons. The van der Waals surface area contributed by atoms with Crippen molar-refractivity contribution >= 4 is 0 Å². The highest BCUT2D eigenvalue weighted by Gasteiger charge is 2.13. The van der Waals surface area contributed by atoms with Crippen molar-refractivity contribution < 1.29 is 4.42 Å². The van der Waals surface area contributed by atoms with Crippen molar-refractivity contribution in [1.82, 2.24) is 5.32 Å². The van der Waals surface area contributed by atoms with Gasteiger partial charge in [0, 0.05) is 12.8 Å². The van der Waals surface area contributed by atoms with Crippen LogP contribution in [0.25, 0.3) is 0 Å². The first kappa shape index (κ1) is 13.9. The molecule has 1 atom stereocenters. The lowest BCUT2D eigenvalue weighted by Crippen LogP contribution is -2.21. The molecule has 0 amide bonds. The summed E-state index contributed by atoms with van der Waals surface area (Å²) in [4.78, 5) is 0. The van der Waals surface area contributed by atoms with Gasteiger partial charge in [-0.15, -0.1) is 11.8 Å². The summed E-state index contributed by atoms with van der Waals surface area (Å²) in [6.07, 6.45) is 4.02. The molecule has 94 valence electrons. The number of furan rings is 1. The molecule has 1 N–H and O–H groups in total. The van der Waals surface area contributed by atoms with Gasteiger partial charge in [-0.3, -0.25) is 0 Å². The molecule has 17 heavy (non-hydrogen) atoms. The van der Waals surface area contributed by atoms with E-state index in [-0.39, 0.29) is 0 Å². The second-order valence-corrected chi connectivity index (χ2v) is 4.13. The van der Waals surface area contributed by atoms with E-state index in [4.69, 9.17) is 4.42 Å². The molecule has 2 nitrogen and oxygen atoms in total. The van der Waals surface area contributed by atoms with Crippen molar-refractivity contribution in [3.05, 3.63) is 23.7 Å². The monoisotopic (exact) mass is 233 g/mol. The van der Waals surface area contributed by atoms with E-state index in [0.717, 1.165) is 43.7 Å². The molecule has 0 saturated heterocycles. The van der Waals surface area contributed by atoms with Gasteiger partial charge in [0.25, 0.3) is 0 Å². The SMILES string of the molecule is CC#CCCC(NCCC)c1ccc(CC)o1. The van der Waals surface area contributed by atoms with Gasteiger partial charge >= 0.3 is 0 Å². The first-order valence-electron chi connectivity index (χ1n) is 6.53. The van der Waals surface area contributed by atoms with E-state index in [2.05, 4.69) is 43.1 Å². The molecule has 1 unspecified atom stereocenters. The summed E-state index contributed by atoms with van der Waals surface area (Å²) in [6, 6.07) is 4.46. The fourth-order valence-corrected chi connectivity index (χ4v) is 1.78. The summed E-state index contributed by atoms with van der Waals surface area (Å²) in [7, 11) is 0. The van der Waals surface area contributed by atoms with Crippen LogP contribution in [0.4, 0.5) is 0 Å². The molecule has 1 rings (SSSR count). The molecule has 0 aromatic carbocycles. The third-order valence-corrected chi connectivity index (χ3v) is 2.75. The Labute approximate surface area is 105 Å². The van der Waals surface area contributed by atoms with Gasteiger partial charge in [0.05, 0.1) is 6.04 Å². The van der Waals surface area contributed by atoms with Crippen LogP contribution in [-0.2, 0) is 6.42 Å². The predicted octanol–water partition coefficient (Wildman–Crippen LogP) is 3.69. The van der Waals surface area contributed by atoms with Crippen molar-refractivity contribution in [2.75, 3.05) is 6.54 Å². The lowest BCUT2D eigenvalue weighted by molar-refractivity contribution is 0.382. The summed E-state index contributed by atoms with van der Waals surface area (Å²) < 4.78 is 5.81. The average Bonchev–Trinajstić information content (AvgIpc) is 2.82. The average molecular weight is 233 g/mol. The second-order valence-electron chi connectivity index (χ2n) is 4.13. The van der Waals surface area contributed by atoms with Gasteiger partial charge in [-0.25, -0.2) is 0 Å². The van der Waals surface area contributed by atoms with Crippen molar-refractivity contribution in [2.24, 2.45) is 0 Å². The summed E-state index contributed by atoms with van der Waals surface area (Å²) in [6.45, 7) is 7.19. The lowest BCUT2D eigenvalue weighted by atomic mass is 10.1. The van der Waals surface area contributed by atoms with Gasteiger partial charge in [-0.05, 0) is 38.4 Å². The van der Waals surface area contributed by atoms with E-state index in [1.165, 1.54) is 0 Å². The standard InChI is InChI=1S/C15H23NO/c1-4-7-8-9-14(16-12-5-2)15-11-10-13(6-3)17-15/h10-11,14,16H,5-6,8-9,12H2,1-3H3. The van der Waals surface area contributed by atoms with Crippen molar-refractivity contribution in [2.45, 2.75) is 52.5 Å². The maximum Gasteiger partial charge on any atom is 0.121 e. The Hall–Kier alpha value is -1.20. The highest BCUT2D eigenvalue weighted by Crippen LogP contribution is 2.21. The van der Waals surface area contributed by atoms with Crippen molar-refractivity contribution in [1.29, 1.82) is 0 Å². The summed E-state index contributed by atoms with van der Waals surface area (Å²) in [5, 5.41) is 3.52. The van der Waals surface area contributed by atoms with Gasteiger partial charge < -0.3 is 9.73 Å². The predicted molar refractivity (Wildman–Crippen MR) is 71.8 cm³/mol. The Balaban J connectivity index is 2.62. The molecular weight excluding hydrogens is 210 g/mol. The van der Waals surface area contributed by atoms with Gasteiger partial charge in [0.1, 0.15) is 11.5 Å². The Bertz CT molecular complexity index is 370. The van der Waals surface area contributed by atoms with E-state index in [1.807, 2.05) is 6.92 Å². The largest absolute Gasteiger partial charge is 0.464 e. The summed E-state index contributed by atoms with van der Waals surface area (Å²) >= 11 is 0. The molecule has 0 saturated carbocycles. The molecule has 0 aliphatic rings. The normalized spacial score (nSPS) is 11.9. The van der Waals surface area contributed by atoms with Crippen LogP contribution in [-0.4, -0.2) is 6.54 Å². The number of aryl methyl sites for hydroxylation is 1. The molecule has 2 heteroatoms. The number of hydrogen-bond acceptors (Lipinski definition) is 2. The maximum absolute atomic E-state index is 5.81. The molecule has 1 heterocycles. The minimum Gasteiger partial charge on any atom is -0.464 e. The third-order valence-electron chi connectivity index (χ3n) is 2.75. The van der Waals surface area contributed by atoms with E-state index < -0.39 is 0 Å². The zero-order chi connectivity index (χ0) is 12.5. The molecule has 1 aromatic rings. The third kappa shape index (κ3) is 4.66. The van der Waals surface area contributed by atoms with Crippen LogP contribution in [0.1, 0.15) is 57.6 Å².